The van der Waals surface area contributed by atoms with Crippen molar-refractivity contribution >= 4 is 21.9 Å². The average Bonchev–Trinajstić information content (AvgIpc) is 2.74. The Morgan fingerprint density at radius 1 is 0.690 bits per heavy atom. The van der Waals surface area contributed by atoms with Crippen molar-refractivity contribution < 1.29 is 28.5 Å². The lowest BCUT2D eigenvalue weighted by Gasteiger charge is -2.08. The molecule has 0 unspecified atom stereocenters. The Kier molecular flexibility index (Phi) is 24.7. The van der Waals surface area contributed by atoms with E-state index in [1.807, 2.05) is 12.2 Å². The van der Waals surface area contributed by atoms with Gasteiger partial charge in [0.2, 0.25) is 0 Å². The maximum absolute atomic E-state index is 10.9. The van der Waals surface area contributed by atoms with Gasteiger partial charge < -0.3 is 23.7 Å². The summed E-state index contributed by atoms with van der Waals surface area (Å²) in [7, 11) is 0. The standard InChI is InChI=1S/C22H39BrO6/c1-2-3-4-5-6-7-8-9-10-11-12-25-13-14-26-15-16-27-17-18-28-19-20-29-22(24)21-23/h2-4H,1,5-21H2. The van der Waals surface area contributed by atoms with Crippen LogP contribution in [0.5, 0.6) is 0 Å². The van der Waals surface area contributed by atoms with Gasteiger partial charge in [0.05, 0.1) is 46.2 Å². The SMILES string of the molecule is C=CC=CCCCCCCCCOCCOCCOCCOCCOC(=O)CBr. The van der Waals surface area contributed by atoms with Crippen LogP contribution in [-0.4, -0.2) is 70.8 Å². The summed E-state index contributed by atoms with van der Waals surface area (Å²) in [5, 5.41) is 0.205. The highest BCUT2D eigenvalue weighted by atomic mass is 79.9. The van der Waals surface area contributed by atoms with Crippen molar-refractivity contribution in [3.05, 3.63) is 24.8 Å². The molecule has 0 fully saturated rings. The van der Waals surface area contributed by atoms with Gasteiger partial charge in [-0.2, -0.15) is 0 Å². The number of carbonyl (C=O) groups is 1. The molecule has 0 aromatic heterocycles. The first-order valence-corrected chi connectivity index (χ1v) is 11.7. The van der Waals surface area contributed by atoms with Crippen molar-refractivity contribution in [2.75, 3.05) is 64.8 Å². The van der Waals surface area contributed by atoms with Gasteiger partial charge in [0, 0.05) is 6.61 Å². The van der Waals surface area contributed by atoms with Crippen LogP contribution < -0.4 is 0 Å². The molecule has 0 saturated carbocycles. The monoisotopic (exact) mass is 478 g/mol. The third-order valence-electron chi connectivity index (χ3n) is 3.90. The van der Waals surface area contributed by atoms with E-state index in [1.54, 1.807) is 0 Å². The zero-order valence-electron chi connectivity index (χ0n) is 17.8. The summed E-state index contributed by atoms with van der Waals surface area (Å²) in [5.41, 5.74) is 0. The highest BCUT2D eigenvalue weighted by molar-refractivity contribution is 9.09. The predicted molar refractivity (Wildman–Crippen MR) is 120 cm³/mol. The number of carbonyl (C=O) groups excluding carboxylic acids is 1. The molecular formula is C22H39BrO6. The minimum Gasteiger partial charge on any atom is -0.463 e. The van der Waals surface area contributed by atoms with Gasteiger partial charge in [-0.1, -0.05) is 66.4 Å². The van der Waals surface area contributed by atoms with Crippen LogP contribution in [-0.2, 0) is 28.5 Å². The van der Waals surface area contributed by atoms with Crippen LogP contribution >= 0.6 is 15.9 Å². The van der Waals surface area contributed by atoms with E-state index in [0.29, 0.717) is 46.2 Å². The zero-order chi connectivity index (χ0) is 21.3. The summed E-state index contributed by atoms with van der Waals surface area (Å²) >= 11 is 3.02. The van der Waals surface area contributed by atoms with Gasteiger partial charge in [0.25, 0.3) is 0 Å². The van der Waals surface area contributed by atoms with Gasteiger partial charge in [0.1, 0.15) is 11.9 Å². The Bertz CT molecular complexity index is 389. The molecule has 0 aliphatic carbocycles. The molecule has 29 heavy (non-hydrogen) atoms. The van der Waals surface area contributed by atoms with Gasteiger partial charge in [-0.3, -0.25) is 4.79 Å². The maximum Gasteiger partial charge on any atom is 0.316 e. The van der Waals surface area contributed by atoms with Crippen molar-refractivity contribution in [3.63, 3.8) is 0 Å². The topological polar surface area (TPSA) is 63.2 Å². The number of hydrogen-bond acceptors (Lipinski definition) is 6. The number of rotatable bonds is 23. The Morgan fingerprint density at radius 2 is 1.17 bits per heavy atom. The molecule has 0 spiro atoms. The number of hydrogen-bond donors (Lipinski definition) is 0. The molecule has 0 amide bonds. The van der Waals surface area contributed by atoms with Crippen LogP contribution in [0.15, 0.2) is 24.8 Å². The molecule has 0 bridgehead atoms. The second-order valence-corrected chi connectivity index (χ2v) is 6.94. The van der Waals surface area contributed by atoms with Crippen LogP contribution in [0.1, 0.15) is 44.9 Å². The lowest BCUT2D eigenvalue weighted by Crippen LogP contribution is -2.14. The van der Waals surface area contributed by atoms with Crippen LogP contribution in [0, 0.1) is 0 Å². The van der Waals surface area contributed by atoms with Gasteiger partial charge in [-0.05, 0) is 19.3 Å². The van der Waals surface area contributed by atoms with Crippen molar-refractivity contribution in [3.8, 4) is 0 Å². The second kappa shape index (κ2) is 25.3. The molecule has 0 aromatic rings. The normalized spacial score (nSPS) is 11.2. The summed E-state index contributed by atoms with van der Waals surface area (Å²) in [6, 6.07) is 0. The molecule has 170 valence electrons. The molecule has 0 radical (unpaired) electrons. The molecule has 0 aromatic carbocycles. The molecule has 0 rings (SSSR count). The van der Waals surface area contributed by atoms with E-state index < -0.39 is 0 Å². The minimum atomic E-state index is -0.287. The summed E-state index contributed by atoms with van der Waals surface area (Å²) in [4.78, 5) is 10.9. The van der Waals surface area contributed by atoms with Crippen LogP contribution in [0.2, 0.25) is 0 Å². The molecular weight excluding hydrogens is 440 g/mol. The summed E-state index contributed by atoms with van der Waals surface area (Å²) in [5.74, 6) is -0.287. The smallest absolute Gasteiger partial charge is 0.316 e. The van der Waals surface area contributed by atoms with E-state index in [4.69, 9.17) is 23.7 Å². The van der Waals surface area contributed by atoms with Crippen LogP contribution in [0.4, 0.5) is 0 Å². The highest BCUT2D eigenvalue weighted by Crippen LogP contribution is 2.07. The molecule has 0 saturated heterocycles. The molecule has 0 aliphatic rings. The second-order valence-electron chi connectivity index (χ2n) is 6.38. The maximum atomic E-state index is 10.9. The van der Waals surface area contributed by atoms with E-state index in [2.05, 4.69) is 28.6 Å². The van der Waals surface area contributed by atoms with Gasteiger partial charge in [-0.15, -0.1) is 0 Å². The first kappa shape index (κ1) is 28.3. The average molecular weight is 479 g/mol. The van der Waals surface area contributed by atoms with E-state index in [0.717, 1.165) is 19.4 Å². The number of ether oxygens (including phenoxy) is 5. The third kappa shape index (κ3) is 25.2. The fourth-order valence-electron chi connectivity index (χ4n) is 2.38. The molecule has 0 heterocycles. The lowest BCUT2D eigenvalue weighted by molar-refractivity contribution is -0.142. The predicted octanol–water partition coefficient (Wildman–Crippen LogP) is 4.46. The minimum absolute atomic E-state index is 0.205. The largest absolute Gasteiger partial charge is 0.463 e. The molecule has 0 aliphatic heterocycles. The summed E-state index contributed by atoms with van der Waals surface area (Å²) in [6.07, 6.45) is 14.7. The summed E-state index contributed by atoms with van der Waals surface area (Å²) in [6.45, 7) is 8.40. The van der Waals surface area contributed by atoms with E-state index in [1.165, 1.54) is 32.1 Å². The van der Waals surface area contributed by atoms with Gasteiger partial charge in [-0.25, -0.2) is 0 Å². The van der Waals surface area contributed by atoms with E-state index in [-0.39, 0.29) is 17.9 Å². The van der Waals surface area contributed by atoms with E-state index in [9.17, 15) is 4.79 Å². The first-order valence-electron chi connectivity index (χ1n) is 10.6. The third-order valence-corrected chi connectivity index (χ3v) is 4.36. The van der Waals surface area contributed by atoms with E-state index >= 15 is 0 Å². The zero-order valence-corrected chi connectivity index (χ0v) is 19.4. The van der Waals surface area contributed by atoms with Gasteiger partial charge >= 0.3 is 5.97 Å². The fourth-order valence-corrected chi connectivity index (χ4v) is 2.54. The number of allylic oxidation sites excluding steroid dienone is 3. The van der Waals surface area contributed by atoms with Crippen molar-refractivity contribution in [1.29, 1.82) is 0 Å². The lowest BCUT2D eigenvalue weighted by atomic mass is 10.1. The first-order chi connectivity index (χ1) is 14.3. The van der Waals surface area contributed by atoms with Crippen molar-refractivity contribution in [2.45, 2.75) is 44.9 Å². The Labute approximate surface area is 185 Å². The Hall–Kier alpha value is -0.730. The quantitative estimate of drug-likeness (QED) is 0.0933. The van der Waals surface area contributed by atoms with Crippen molar-refractivity contribution in [2.24, 2.45) is 0 Å². The fraction of sp³-hybridized carbons (Fsp3) is 0.773. The molecule has 6 nitrogen and oxygen atoms in total. The number of halogens is 1. The molecule has 0 atom stereocenters. The van der Waals surface area contributed by atoms with Gasteiger partial charge in [0.15, 0.2) is 0 Å². The summed E-state index contributed by atoms with van der Waals surface area (Å²) < 4.78 is 26.5. The molecule has 0 N–H and O–H groups in total. The Morgan fingerprint density at radius 3 is 1.72 bits per heavy atom. The van der Waals surface area contributed by atoms with Crippen LogP contribution in [0.3, 0.4) is 0 Å². The Balaban J connectivity index is 3.04. The molecule has 7 heteroatoms. The number of alkyl halides is 1. The number of esters is 1. The highest BCUT2D eigenvalue weighted by Gasteiger charge is 1.98. The van der Waals surface area contributed by atoms with Crippen molar-refractivity contribution in [1.82, 2.24) is 0 Å². The number of unbranched alkanes of at least 4 members (excludes halogenated alkanes) is 6. The van der Waals surface area contributed by atoms with Crippen LogP contribution in [0.25, 0.3) is 0 Å².